The molecule has 0 saturated carbocycles. The molecule has 2 aromatic heterocycles. The van der Waals surface area contributed by atoms with E-state index in [0.717, 1.165) is 0 Å². The number of benzene rings is 3. The van der Waals surface area contributed by atoms with Crippen molar-refractivity contribution in [2.45, 2.75) is 0 Å². The maximum atomic E-state index is 13.2. The quantitative estimate of drug-likeness (QED) is 0.300. The van der Waals surface area contributed by atoms with Crippen molar-refractivity contribution in [2.75, 3.05) is 0 Å². The van der Waals surface area contributed by atoms with Gasteiger partial charge in [0.1, 0.15) is 0 Å². The van der Waals surface area contributed by atoms with Crippen LogP contribution in [0.25, 0.3) is 27.8 Å². The van der Waals surface area contributed by atoms with Crippen LogP contribution in [-0.2, 0) is 0 Å². The molecule has 0 saturated heterocycles. The number of nitro groups is 1. The van der Waals surface area contributed by atoms with Crippen molar-refractivity contribution in [3.8, 4) is 0 Å². The zero-order chi connectivity index (χ0) is 21.4. The molecule has 9 heteroatoms. The van der Waals surface area contributed by atoms with E-state index in [4.69, 9.17) is 4.42 Å². The molecule has 0 aliphatic heterocycles. The molecule has 31 heavy (non-hydrogen) atoms. The minimum atomic E-state index is -0.562. The summed E-state index contributed by atoms with van der Waals surface area (Å²) in [5.41, 5.74) is 0.508. The predicted octanol–water partition coefficient (Wildman–Crippen LogP) is 3.28. The number of non-ortho nitro benzene ring substituents is 1. The molecule has 148 valence electrons. The predicted molar refractivity (Wildman–Crippen MR) is 109 cm³/mol. The average molecular weight is 411 g/mol. The van der Waals surface area contributed by atoms with Crippen molar-refractivity contribution < 1.29 is 18.9 Å². The fraction of sp³-hybridized carbons (Fsp3) is 0. The summed E-state index contributed by atoms with van der Waals surface area (Å²) in [5.74, 6) is -0.880. The molecule has 1 aliphatic rings. The molecule has 3 aromatic carbocycles. The Hall–Kier alpha value is -4.66. The normalized spacial score (nSPS) is 13.0. The third kappa shape index (κ3) is 2.14. The van der Waals surface area contributed by atoms with Crippen LogP contribution in [0, 0.1) is 10.1 Å². The van der Waals surface area contributed by atoms with Crippen LogP contribution in [0.4, 0.5) is 5.69 Å². The highest BCUT2D eigenvalue weighted by atomic mass is 16.6. The van der Waals surface area contributed by atoms with Gasteiger partial charge < -0.3 is 4.42 Å². The van der Waals surface area contributed by atoms with E-state index in [9.17, 15) is 24.5 Å². The lowest BCUT2D eigenvalue weighted by Gasteiger charge is -2.17. The molecule has 0 N–H and O–H groups in total. The highest BCUT2D eigenvalue weighted by Crippen LogP contribution is 2.32. The van der Waals surface area contributed by atoms with Crippen molar-refractivity contribution in [2.24, 2.45) is 0 Å². The highest BCUT2D eigenvalue weighted by molar-refractivity contribution is 6.31. The van der Waals surface area contributed by atoms with Gasteiger partial charge in [-0.15, -0.1) is 0 Å². The van der Waals surface area contributed by atoms with Gasteiger partial charge >= 0.3 is 5.84 Å². The molecule has 0 radical (unpaired) electrons. The number of ketones is 2. The molecule has 0 bridgehead atoms. The van der Waals surface area contributed by atoms with Gasteiger partial charge in [-0.2, -0.15) is 4.98 Å². The van der Waals surface area contributed by atoms with Gasteiger partial charge in [-0.05, 0) is 18.2 Å². The number of aromatic nitrogens is 2. The summed E-state index contributed by atoms with van der Waals surface area (Å²) in [4.78, 5) is 54.1. The lowest BCUT2D eigenvalue weighted by molar-refractivity contribution is -0.384. The number of carbonyl (C=O) groups is 2. The fourth-order valence-corrected chi connectivity index (χ4v) is 4.07. The summed E-state index contributed by atoms with van der Waals surface area (Å²) in [6.45, 7) is 0. The average Bonchev–Trinajstić information content (AvgIpc) is 3.14. The van der Waals surface area contributed by atoms with Gasteiger partial charge in [0.05, 0.1) is 26.9 Å². The number of hydrogen-bond acceptors (Lipinski definition) is 7. The maximum absolute atomic E-state index is 13.2. The first-order valence-corrected chi connectivity index (χ1v) is 9.20. The summed E-state index contributed by atoms with van der Waals surface area (Å²) in [7, 11) is 0. The van der Waals surface area contributed by atoms with Gasteiger partial charge in [-0.3, -0.25) is 24.5 Å². The molecule has 9 nitrogen and oxygen atoms in total. The number of nitro benzene ring substituents is 1. The first-order chi connectivity index (χ1) is 15.0. The standard InChI is InChI=1S/C22H9N3O6/c26-18-11-3-1-2-4-12(11)19(27)17-13(18)6-7-14-20(17)31-22-23-15-9-10(25(29)30)5-8-16(15)24(22)21(14)28/h1-9H. The second kappa shape index (κ2) is 5.70. The zero-order valence-corrected chi connectivity index (χ0v) is 15.5. The molecule has 0 unspecified atom stereocenters. The number of nitrogens with zero attached hydrogens (tertiary/aromatic N) is 3. The number of fused-ring (bicyclic) bond motifs is 7. The Kier molecular flexibility index (Phi) is 3.16. The van der Waals surface area contributed by atoms with Crippen molar-refractivity contribution in [1.29, 1.82) is 0 Å². The van der Waals surface area contributed by atoms with Crippen LogP contribution >= 0.6 is 0 Å². The Morgan fingerprint density at radius 1 is 0.903 bits per heavy atom. The summed E-state index contributed by atoms with van der Waals surface area (Å²) in [6, 6.07) is 13.3. The highest BCUT2D eigenvalue weighted by Gasteiger charge is 2.33. The largest absolute Gasteiger partial charge is 0.423 e. The fourth-order valence-electron chi connectivity index (χ4n) is 4.07. The molecule has 5 aromatic rings. The minimum absolute atomic E-state index is 0.0128. The number of carbonyl (C=O) groups excluding carboxylic acids is 2. The molecule has 0 atom stereocenters. The number of hydrogen-bond donors (Lipinski definition) is 0. The maximum Gasteiger partial charge on any atom is 0.310 e. The number of imidazole rings is 1. The van der Waals surface area contributed by atoms with Gasteiger partial charge in [0, 0.05) is 28.8 Å². The van der Waals surface area contributed by atoms with E-state index in [1.807, 2.05) is 0 Å². The molecule has 0 spiro atoms. The second-order valence-electron chi connectivity index (χ2n) is 7.14. The first-order valence-electron chi connectivity index (χ1n) is 9.20. The number of rotatable bonds is 1. The molecule has 0 fully saturated rings. The molecule has 1 aliphatic carbocycles. The summed E-state index contributed by atoms with van der Waals surface area (Å²) in [6.07, 6.45) is 0. The smallest absolute Gasteiger partial charge is 0.310 e. The van der Waals surface area contributed by atoms with Gasteiger partial charge in [0.15, 0.2) is 17.1 Å². The lowest BCUT2D eigenvalue weighted by Crippen LogP contribution is -2.22. The van der Waals surface area contributed by atoms with E-state index in [2.05, 4.69) is 4.98 Å². The van der Waals surface area contributed by atoms with E-state index in [0.29, 0.717) is 11.1 Å². The van der Waals surface area contributed by atoms with Gasteiger partial charge in [0.25, 0.3) is 11.2 Å². The van der Waals surface area contributed by atoms with Gasteiger partial charge in [-0.25, -0.2) is 4.40 Å². The van der Waals surface area contributed by atoms with Gasteiger partial charge in [-0.1, -0.05) is 24.3 Å². The van der Waals surface area contributed by atoms with E-state index < -0.39 is 16.3 Å². The molecular formula is C22H9N3O6. The van der Waals surface area contributed by atoms with E-state index in [1.165, 1.54) is 34.7 Å². The van der Waals surface area contributed by atoms with Crippen LogP contribution in [0.3, 0.4) is 0 Å². The molecule has 6 rings (SSSR count). The SMILES string of the molecule is O=C1c2ccccc2C(=O)c2c1ccc1c(=O)n3c(nc4cc([N+](=O)[O-])ccc43)oc21. The van der Waals surface area contributed by atoms with Crippen LogP contribution in [0.2, 0.25) is 0 Å². The van der Waals surface area contributed by atoms with Crippen molar-refractivity contribution >= 4 is 45.1 Å². The molecule has 0 amide bonds. The van der Waals surface area contributed by atoms with Crippen molar-refractivity contribution in [1.82, 2.24) is 9.38 Å². The topological polar surface area (TPSA) is 125 Å². The summed E-state index contributed by atoms with van der Waals surface area (Å²) >= 11 is 0. The van der Waals surface area contributed by atoms with Crippen LogP contribution in [0.1, 0.15) is 31.8 Å². The van der Waals surface area contributed by atoms with E-state index in [1.54, 1.807) is 24.3 Å². The Morgan fingerprint density at radius 3 is 2.39 bits per heavy atom. The van der Waals surface area contributed by atoms with Crippen LogP contribution < -0.4 is 5.56 Å². The monoisotopic (exact) mass is 411 g/mol. The molecular weight excluding hydrogens is 402 g/mol. The summed E-state index contributed by atoms with van der Waals surface area (Å²) in [5, 5.41) is 11.2. The third-order valence-electron chi connectivity index (χ3n) is 5.49. The molecule has 2 heterocycles. The Balaban J connectivity index is 1.73. The second-order valence-corrected chi connectivity index (χ2v) is 7.14. The lowest BCUT2D eigenvalue weighted by atomic mass is 9.83. The van der Waals surface area contributed by atoms with Crippen molar-refractivity contribution in [3.63, 3.8) is 0 Å². The minimum Gasteiger partial charge on any atom is -0.423 e. The van der Waals surface area contributed by atoms with E-state index in [-0.39, 0.29) is 50.5 Å². The van der Waals surface area contributed by atoms with Crippen molar-refractivity contribution in [3.05, 3.63) is 97.3 Å². The van der Waals surface area contributed by atoms with Crippen LogP contribution in [0.15, 0.2) is 63.8 Å². The first kappa shape index (κ1) is 17.2. The van der Waals surface area contributed by atoms with Gasteiger partial charge in [0.2, 0.25) is 0 Å². The van der Waals surface area contributed by atoms with E-state index >= 15 is 0 Å². The zero-order valence-electron chi connectivity index (χ0n) is 15.5. The third-order valence-corrected chi connectivity index (χ3v) is 5.49. The Bertz CT molecular complexity index is 1730. The van der Waals surface area contributed by atoms with Crippen LogP contribution in [-0.4, -0.2) is 25.9 Å². The Morgan fingerprint density at radius 2 is 1.65 bits per heavy atom. The summed E-state index contributed by atoms with van der Waals surface area (Å²) < 4.78 is 7.04. The van der Waals surface area contributed by atoms with Crippen LogP contribution in [0.5, 0.6) is 0 Å². The Labute approximate surface area is 171 Å².